The number of halogens is 1. The molecule has 0 bridgehead atoms. The van der Waals surface area contributed by atoms with Crippen LogP contribution in [0.3, 0.4) is 0 Å². The molecular formula is C20H32IN3O3. The van der Waals surface area contributed by atoms with Gasteiger partial charge in [0, 0.05) is 27.2 Å². The molecule has 0 amide bonds. The maximum Gasteiger partial charge on any atom is 0.193 e. The minimum Gasteiger partial charge on any atom is -0.493 e. The van der Waals surface area contributed by atoms with E-state index in [1.54, 1.807) is 14.2 Å². The maximum atomic E-state index is 5.43. The average Bonchev–Trinajstić information content (AvgIpc) is 2.67. The molecule has 7 heteroatoms. The fraction of sp³-hybridized carbons (Fsp3) is 0.550. The van der Waals surface area contributed by atoms with Gasteiger partial charge in [-0.1, -0.05) is 11.6 Å². The third-order valence-electron chi connectivity index (χ3n) is 4.61. The summed E-state index contributed by atoms with van der Waals surface area (Å²) < 4.78 is 16.1. The van der Waals surface area contributed by atoms with Crippen molar-refractivity contribution >= 4 is 29.9 Å². The number of nitrogens with zero attached hydrogens (tertiary/aromatic N) is 2. The summed E-state index contributed by atoms with van der Waals surface area (Å²) in [4.78, 5) is 6.52. The zero-order valence-corrected chi connectivity index (χ0v) is 19.3. The van der Waals surface area contributed by atoms with Crippen LogP contribution in [-0.2, 0) is 11.3 Å². The highest BCUT2D eigenvalue weighted by Crippen LogP contribution is 2.30. The number of ether oxygens (including phenoxy) is 3. The molecule has 6 nitrogen and oxygen atoms in total. The summed E-state index contributed by atoms with van der Waals surface area (Å²) in [7, 11) is 7.17. The third kappa shape index (κ3) is 6.88. The SMILES string of the molecule is CN=C(NCCC1=CCOCC1)N(C)Cc1cc(OC)c(OC)cc1C.I. The van der Waals surface area contributed by atoms with Crippen molar-refractivity contribution in [1.82, 2.24) is 10.2 Å². The highest BCUT2D eigenvalue weighted by atomic mass is 127. The number of hydrogen-bond acceptors (Lipinski definition) is 4. The highest BCUT2D eigenvalue weighted by Gasteiger charge is 2.13. The minimum atomic E-state index is 0. The number of aryl methyl sites for hydroxylation is 1. The summed E-state index contributed by atoms with van der Waals surface area (Å²) in [5, 5.41) is 3.45. The van der Waals surface area contributed by atoms with Gasteiger partial charge in [0.2, 0.25) is 0 Å². The van der Waals surface area contributed by atoms with Crippen molar-refractivity contribution in [3.05, 3.63) is 34.9 Å². The first-order valence-corrected chi connectivity index (χ1v) is 8.98. The van der Waals surface area contributed by atoms with Crippen molar-refractivity contribution in [2.24, 2.45) is 4.99 Å². The second-order valence-electron chi connectivity index (χ2n) is 6.40. The number of methoxy groups -OCH3 is 2. The topological polar surface area (TPSA) is 55.3 Å². The molecule has 0 aliphatic carbocycles. The van der Waals surface area contributed by atoms with E-state index in [0.717, 1.165) is 62.2 Å². The van der Waals surface area contributed by atoms with Crippen LogP contribution in [0.15, 0.2) is 28.8 Å². The van der Waals surface area contributed by atoms with E-state index in [4.69, 9.17) is 14.2 Å². The Hall–Kier alpha value is -1.48. The number of hydrogen-bond donors (Lipinski definition) is 1. The van der Waals surface area contributed by atoms with Gasteiger partial charge in [-0.05, 0) is 43.0 Å². The Morgan fingerprint density at radius 3 is 2.56 bits per heavy atom. The Bertz CT molecular complexity index is 662. The Labute approximate surface area is 180 Å². The fourth-order valence-electron chi connectivity index (χ4n) is 3.04. The molecule has 0 unspecified atom stereocenters. The standard InChI is InChI=1S/C20H31N3O3.HI/c1-15-12-18(24-4)19(25-5)13-17(15)14-23(3)20(21-2)22-9-6-16-7-10-26-11-8-16;/h7,12-13H,6,8-11,14H2,1-5H3,(H,21,22);1H. The van der Waals surface area contributed by atoms with Gasteiger partial charge in [-0.2, -0.15) is 0 Å². The minimum absolute atomic E-state index is 0. The Balaban J connectivity index is 0.00000364. The first kappa shape index (κ1) is 23.6. The van der Waals surface area contributed by atoms with Crippen LogP contribution in [-0.4, -0.2) is 58.9 Å². The molecule has 1 aliphatic rings. The summed E-state index contributed by atoms with van der Waals surface area (Å²) in [6.45, 7) is 5.26. The molecular weight excluding hydrogens is 457 g/mol. The Morgan fingerprint density at radius 2 is 1.96 bits per heavy atom. The van der Waals surface area contributed by atoms with Crippen LogP contribution in [0.1, 0.15) is 24.0 Å². The van der Waals surface area contributed by atoms with Crippen LogP contribution < -0.4 is 14.8 Å². The van der Waals surface area contributed by atoms with Gasteiger partial charge in [0.05, 0.1) is 27.4 Å². The molecule has 0 fully saturated rings. The zero-order chi connectivity index (χ0) is 18.9. The average molecular weight is 489 g/mol. The predicted molar refractivity (Wildman–Crippen MR) is 121 cm³/mol. The molecule has 27 heavy (non-hydrogen) atoms. The molecule has 1 N–H and O–H groups in total. The van der Waals surface area contributed by atoms with Crippen LogP contribution in [0.25, 0.3) is 0 Å². The maximum absolute atomic E-state index is 5.43. The molecule has 152 valence electrons. The Morgan fingerprint density at radius 1 is 1.26 bits per heavy atom. The molecule has 0 atom stereocenters. The number of aliphatic imine (C=N–C) groups is 1. The van der Waals surface area contributed by atoms with Crippen molar-refractivity contribution in [3.63, 3.8) is 0 Å². The van der Waals surface area contributed by atoms with Gasteiger partial charge in [-0.15, -0.1) is 24.0 Å². The largest absolute Gasteiger partial charge is 0.493 e. The highest BCUT2D eigenvalue weighted by molar-refractivity contribution is 14.0. The molecule has 0 aromatic heterocycles. The lowest BCUT2D eigenvalue weighted by molar-refractivity contribution is 0.153. The van der Waals surface area contributed by atoms with Crippen LogP contribution in [0, 0.1) is 6.92 Å². The number of rotatable bonds is 7. The van der Waals surface area contributed by atoms with Crippen molar-refractivity contribution in [2.75, 3.05) is 48.1 Å². The van der Waals surface area contributed by atoms with Crippen molar-refractivity contribution in [3.8, 4) is 11.5 Å². The zero-order valence-electron chi connectivity index (χ0n) is 17.0. The van der Waals surface area contributed by atoms with Gasteiger partial charge in [0.15, 0.2) is 17.5 Å². The van der Waals surface area contributed by atoms with Crippen LogP contribution >= 0.6 is 24.0 Å². The van der Waals surface area contributed by atoms with Gasteiger partial charge in [-0.3, -0.25) is 4.99 Å². The molecule has 1 aromatic carbocycles. The van der Waals surface area contributed by atoms with Gasteiger partial charge >= 0.3 is 0 Å². The molecule has 1 aliphatic heterocycles. The van der Waals surface area contributed by atoms with Crippen molar-refractivity contribution in [1.29, 1.82) is 0 Å². The lowest BCUT2D eigenvalue weighted by atomic mass is 10.1. The van der Waals surface area contributed by atoms with Gasteiger partial charge in [0.1, 0.15) is 0 Å². The first-order chi connectivity index (χ1) is 12.6. The second kappa shape index (κ2) is 12.1. The Kier molecular flexibility index (Phi) is 10.5. The van der Waals surface area contributed by atoms with Crippen LogP contribution in [0.5, 0.6) is 11.5 Å². The number of guanidine groups is 1. The lowest BCUT2D eigenvalue weighted by Crippen LogP contribution is -2.39. The summed E-state index contributed by atoms with van der Waals surface area (Å²) in [6.07, 6.45) is 4.23. The van der Waals surface area contributed by atoms with E-state index >= 15 is 0 Å². The van der Waals surface area contributed by atoms with Crippen molar-refractivity contribution < 1.29 is 14.2 Å². The molecule has 0 spiro atoms. The smallest absolute Gasteiger partial charge is 0.193 e. The molecule has 0 radical (unpaired) electrons. The van der Waals surface area contributed by atoms with Crippen molar-refractivity contribution in [2.45, 2.75) is 26.3 Å². The summed E-state index contributed by atoms with van der Waals surface area (Å²) >= 11 is 0. The van der Waals surface area contributed by atoms with Gasteiger partial charge < -0.3 is 24.4 Å². The number of nitrogens with one attached hydrogen (secondary N) is 1. The van der Waals surface area contributed by atoms with E-state index in [1.807, 2.05) is 26.2 Å². The first-order valence-electron chi connectivity index (χ1n) is 8.98. The van der Waals surface area contributed by atoms with Crippen LogP contribution in [0.4, 0.5) is 0 Å². The van der Waals surface area contributed by atoms with E-state index in [1.165, 1.54) is 11.1 Å². The predicted octanol–water partition coefficient (Wildman–Crippen LogP) is 3.37. The van der Waals surface area contributed by atoms with E-state index in [2.05, 4.69) is 28.2 Å². The molecule has 1 aromatic rings. The fourth-order valence-corrected chi connectivity index (χ4v) is 3.04. The normalized spacial score (nSPS) is 14.1. The third-order valence-corrected chi connectivity index (χ3v) is 4.61. The van der Waals surface area contributed by atoms with E-state index in [0.29, 0.717) is 0 Å². The van der Waals surface area contributed by atoms with Crippen LogP contribution in [0.2, 0.25) is 0 Å². The monoisotopic (exact) mass is 489 g/mol. The quantitative estimate of drug-likeness (QED) is 0.276. The summed E-state index contributed by atoms with van der Waals surface area (Å²) in [5.74, 6) is 2.38. The van der Waals surface area contributed by atoms with E-state index < -0.39 is 0 Å². The van der Waals surface area contributed by atoms with E-state index in [-0.39, 0.29) is 24.0 Å². The molecule has 0 saturated carbocycles. The summed E-state index contributed by atoms with van der Waals surface area (Å²) in [5.41, 5.74) is 3.80. The molecule has 0 saturated heterocycles. The van der Waals surface area contributed by atoms with Gasteiger partial charge in [-0.25, -0.2) is 0 Å². The van der Waals surface area contributed by atoms with Gasteiger partial charge in [0.25, 0.3) is 0 Å². The molecule has 1 heterocycles. The number of benzene rings is 1. The lowest BCUT2D eigenvalue weighted by Gasteiger charge is -2.24. The summed E-state index contributed by atoms with van der Waals surface area (Å²) in [6, 6.07) is 4.04. The second-order valence-corrected chi connectivity index (χ2v) is 6.40. The molecule has 2 rings (SSSR count). The van der Waals surface area contributed by atoms with E-state index in [9.17, 15) is 0 Å².